The second-order valence-corrected chi connectivity index (χ2v) is 6.60. The Balaban J connectivity index is 1.55. The molecule has 3 rings (SSSR count). The van der Waals surface area contributed by atoms with Gasteiger partial charge in [-0.25, -0.2) is 9.37 Å². The van der Waals surface area contributed by atoms with Crippen molar-refractivity contribution >= 4 is 5.78 Å². The second-order valence-electron chi connectivity index (χ2n) is 6.60. The number of H-pyrrole nitrogens is 1. The zero-order valence-electron chi connectivity index (χ0n) is 14.3. The third-order valence-corrected chi connectivity index (χ3v) is 4.72. The molecule has 0 spiro atoms. The van der Waals surface area contributed by atoms with Gasteiger partial charge in [0.15, 0.2) is 0 Å². The number of Topliss-reactive ketones (excluding diaryl/α,β-unsaturated/α-hetero) is 1. The molecule has 132 valence electrons. The van der Waals surface area contributed by atoms with E-state index < -0.39 is 0 Å². The second kappa shape index (κ2) is 7.70. The monoisotopic (exact) mass is 343 g/mol. The number of carbonyl (C=O) groups is 1. The Hall–Kier alpha value is -2.34. The number of aromatic nitrogens is 2. The number of nitrogens with zero attached hydrogens (tertiary/aromatic N) is 2. The summed E-state index contributed by atoms with van der Waals surface area (Å²) in [5.41, 5.74) is 1.59. The van der Waals surface area contributed by atoms with E-state index in [9.17, 15) is 14.0 Å². The highest BCUT2D eigenvalue weighted by molar-refractivity contribution is 5.83. The number of benzene rings is 1. The molecule has 6 heteroatoms. The minimum absolute atomic E-state index is 0.0420. The van der Waals surface area contributed by atoms with Crippen LogP contribution in [0.5, 0.6) is 0 Å². The van der Waals surface area contributed by atoms with Crippen LogP contribution in [0.25, 0.3) is 0 Å². The Morgan fingerprint density at radius 3 is 2.76 bits per heavy atom. The van der Waals surface area contributed by atoms with Crippen molar-refractivity contribution in [2.24, 2.45) is 5.92 Å². The van der Waals surface area contributed by atoms with Gasteiger partial charge in [0.1, 0.15) is 17.3 Å². The van der Waals surface area contributed by atoms with Crippen LogP contribution in [0.2, 0.25) is 0 Å². The quantitative estimate of drug-likeness (QED) is 0.904. The van der Waals surface area contributed by atoms with E-state index in [2.05, 4.69) is 14.9 Å². The average Bonchev–Trinajstić information content (AvgIpc) is 2.61. The summed E-state index contributed by atoms with van der Waals surface area (Å²) in [4.78, 5) is 33.4. The largest absolute Gasteiger partial charge is 0.326 e. The van der Waals surface area contributed by atoms with Gasteiger partial charge in [-0.2, -0.15) is 0 Å². The molecule has 25 heavy (non-hydrogen) atoms. The molecule has 5 nitrogen and oxygen atoms in total. The van der Waals surface area contributed by atoms with E-state index in [-0.39, 0.29) is 29.5 Å². The summed E-state index contributed by atoms with van der Waals surface area (Å²) in [5.74, 6) is -0.270. The van der Waals surface area contributed by atoms with Crippen molar-refractivity contribution < 1.29 is 9.18 Å². The number of piperidine rings is 1. The highest BCUT2D eigenvalue weighted by Crippen LogP contribution is 2.21. The van der Waals surface area contributed by atoms with Gasteiger partial charge in [0.2, 0.25) is 0 Å². The van der Waals surface area contributed by atoms with Gasteiger partial charge in [0.25, 0.3) is 5.56 Å². The van der Waals surface area contributed by atoms with Crippen molar-refractivity contribution in [3.63, 3.8) is 0 Å². The lowest BCUT2D eigenvalue weighted by molar-refractivity contribution is -0.123. The van der Waals surface area contributed by atoms with Crippen LogP contribution in [0.4, 0.5) is 4.39 Å². The Labute approximate surface area is 145 Å². The summed E-state index contributed by atoms with van der Waals surface area (Å²) >= 11 is 0. The predicted octanol–water partition coefficient (Wildman–Crippen LogP) is 2.24. The molecule has 2 heterocycles. The van der Waals surface area contributed by atoms with Crippen molar-refractivity contribution in [3.8, 4) is 0 Å². The van der Waals surface area contributed by atoms with Crippen LogP contribution in [0.1, 0.15) is 29.8 Å². The van der Waals surface area contributed by atoms with Gasteiger partial charge in [-0.05, 0) is 44.5 Å². The van der Waals surface area contributed by atoms with Crippen LogP contribution in [0.3, 0.4) is 0 Å². The SMILES string of the molecule is Cc1c[nH]c(=O)c(CN2CCC(C(=O)Cc3ccccc3F)CC2)n1. The molecule has 1 aliphatic heterocycles. The molecule has 0 bridgehead atoms. The van der Waals surface area contributed by atoms with Crippen LogP contribution >= 0.6 is 0 Å². The standard InChI is InChI=1S/C19H22FN3O2/c1-13-11-21-19(25)17(22-13)12-23-8-6-14(7-9-23)18(24)10-15-4-2-3-5-16(15)20/h2-5,11,14H,6-10,12H2,1H3,(H,21,25). The maximum absolute atomic E-state index is 13.7. The van der Waals surface area contributed by atoms with Gasteiger partial charge in [-0.1, -0.05) is 18.2 Å². The van der Waals surface area contributed by atoms with Crippen molar-refractivity contribution in [1.29, 1.82) is 0 Å². The summed E-state index contributed by atoms with van der Waals surface area (Å²) in [6.07, 6.45) is 3.21. The third-order valence-electron chi connectivity index (χ3n) is 4.72. The summed E-state index contributed by atoms with van der Waals surface area (Å²) in [5, 5.41) is 0. The molecule has 1 aromatic heterocycles. The van der Waals surface area contributed by atoms with E-state index in [1.54, 1.807) is 24.4 Å². The summed E-state index contributed by atoms with van der Waals surface area (Å²) in [6.45, 7) is 3.81. The fourth-order valence-electron chi connectivity index (χ4n) is 3.26. The minimum atomic E-state index is -0.321. The molecule has 0 unspecified atom stereocenters. The van der Waals surface area contributed by atoms with Crippen molar-refractivity contribution in [2.45, 2.75) is 32.7 Å². The highest BCUT2D eigenvalue weighted by atomic mass is 19.1. The van der Waals surface area contributed by atoms with E-state index in [1.165, 1.54) is 6.07 Å². The number of likely N-dealkylation sites (tertiary alicyclic amines) is 1. The molecule has 1 saturated heterocycles. The van der Waals surface area contributed by atoms with Crippen molar-refractivity contribution in [3.05, 3.63) is 63.6 Å². The van der Waals surface area contributed by atoms with Gasteiger partial charge in [-0.15, -0.1) is 0 Å². The van der Waals surface area contributed by atoms with E-state index in [4.69, 9.17) is 0 Å². The summed E-state index contributed by atoms with van der Waals surface area (Å²) < 4.78 is 13.7. The number of carbonyl (C=O) groups excluding carboxylic acids is 1. The zero-order valence-corrected chi connectivity index (χ0v) is 14.3. The number of aryl methyl sites for hydroxylation is 1. The van der Waals surface area contributed by atoms with Gasteiger partial charge >= 0.3 is 0 Å². The van der Waals surface area contributed by atoms with Crippen LogP contribution in [0, 0.1) is 18.7 Å². The maximum Gasteiger partial charge on any atom is 0.270 e. The molecule has 0 radical (unpaired) electrons. The van der Waals surface area contributed by atoms with Gasteiger partial charge in [-0.3, -0.25) is 14.5 Å². The number of halogens is 1. The first-order valence-electron chi connectivity index (χ1n) is 8.56. The summed E-state index contributed by atoms with van der Waals surface area (Å²) in [7, 11) is 0. The normalized spacial score (nSPS) is 16.1. The lowest BCUT2D eigenvalue weighted by atomic mass is 9.89. The number of ketones is 1. The Morgan fingerprint density at radius 1 is 1.32 bits per heavy atom. The maximum atomic E-state index is 13.7. The van der Waals surface area contributed by atoms with Gasteiger partial charge in [0.05, 0.1) is 5.69 Å². The van der Waals surface area contributed by atoms with Crippen LogP contribution in [0.15, 0.2) is 35.3 Å². The Bertz CT molecular complexity index is 810. The first-order valence-corrected chi connectivity index (χ1v) is 8.56. The fourth-order valence-corrected chi connectivity index (χ4v) is 3.26. The molecule has 2 aromatic rings. The highest BCUT2D eigenvalue weighted by Gasteiger charge is 2.26. The summed E-state index contributed by atoms with van der Waals surface area (Å²) in [6, 6.07) is 6.43. The third kappa shape index (κ3) is 4.39. The fraction of sp³-hybridized carbons (Fsp3) is 0.421. The molecule has 0 atom stereocenters. The van der Waals surface area contributed by atoms with Crippen LogP contribution < -0.4 is 5.56 Å². The Morgan fingerprint density at radius 2 is 2.04 bits per heavy atom. The predicted molar refractivity (Wildman–Crippen MR) is 92.7 cm³/mol. The van der Waals surface area contributed by atoms with Crippen LogP contribution in [-0.4, -0.2) is 33.7 Å². The molecule has 1 aromatic carbocycles. The minimum Gasteiger partial charge on any atom is -0.326 e. The average molecular weight is 343 g/mol. The van der Waals surface area contributed by atoms with Gasteiger partial charge in [0, 0.05) is 25.1 Å². The number of aromatic amines is 1. The molecular weight excluding hydrogens is 321 g/mol. The first-order chi connectivity index (χ1) is 12.0. The van der Waals surface area contributed by atoms with Gasteiger partial charge < -0.3 is 4.98 Å². The molecular formula is C19H22FN3O2. The lowest BCUT2D eigenvalue weighted by Crippen LogP contribution is -2.38. The molecule has 0 saturated carbocycles. The lowest BCUT2D eigenvalue weighted by Gasteiger charge is -2.30. The van der Waals surface area contributed by atoms with Crippen molar-refractivity contribution in [1.82, 2.24) is 14.9 Å². The molecule has 1 N–H and O–H groups in total. The Kier molecular flexibility index (Phi) is 5.38. The van der Waals surface area contributed by atoms with E-state index in [0.29, 0.717) is 17.8 Å². The smallest absolute Gasteiger partial charge is 0.270 e. The topological polar surface area (TPSA) is 66.1 Å². The zero-order chi connectivity index (χ0) is 17.8. The van der Waals surface area contributed by atoms with E-state index >= 15 is 0 Å². The van der Waals surface area contributed by atoms with Crippen LogP contribution in [-0.2, 0) is 17.8 Å². The number of rotatable bonds is 5. The first kappa shape index (κ1) is 17.5. The van der Waals surface area contributed by atoms with E-state index in [0.717, 1.165) is 31.6 Å². The number of hydrogen-bond acceptors (Lipinski definition) is 4. The van der Waals surface area contributed by atoms with E-state index in [1.807, 2.05) is 6.92 Å². The number of hydrogen-bond donors (Lipinski definition) is 1. The molecule has 1 aliphatic rings. The number of nitrogens with one attached hydrogen (secondary N) is 1. The molecule has 0 aliphatic carbocycles. The van der Waals surface area contributed by atoms with Crippen molar-refractivity contribution in [2.75, 3.05) is 13.1 Å². The molecule has 0 amide bonds. The molecule has 1 fully saturated rings.